The first kappa shape index (κ1) is 14.9. The summed E-state index contributed by atoms with van der Waals surface area (Å²) < 4.78 is 0. The van der Waals surface area contributed by atoms with Crippen molar-refractivity contribution < 1.29 is 5.11 Å². The van der Waals surface area contributed by atoms with Gasteiger partial charge >= 0.3 is 0 Å². The van der Waals surface area contributed by atoms with Crippen LogP contribution in [-0.2, 0) is 0 Å². The number of aliphatic hydroxyl groups excluding tert-OH is 1. The third kappa shape index (κ3) is 2.67. The van der Waals surface area contributed by atoms with Gasteiger partial charge in [-0.05, 0) is 37.1 Å². The molecule has 0 spiro atoms. The Morgan fingerprint density at radius 1 is 1.04 bits per heavy atom. The van der Waals surface area contributed by atoms with E-state index in [1.165, 1.54) is 0 Å². The molecule has 2 heterocycles. The van der Waals surface area contributed by atoms with Gasteiger partial charge in [0.05, 0.1) is 17.0 Å². The van der Waals surface area contributed by atoms with Gasteiger partial charge in [-0.1, -0.05) is 24.3 Å². The van der Waals surface area contributed by atoms with Crippen LogP contribution >= 0.6 is 0 Å². The smallest absolute Gasteiger partial charge is 0.259 e. The molecule has 2 N–H and O–H groups in total. The van der Waals surface area contributed by atoms with Crippen LogP contribution in [0.15, 0.2) is 53.3 Å². The van der Waals surface area contributed by atoms with E-state index in [1.807, 2.05) is 42.5 Å². The second kappa shape index (κ2) is 6.09. The Morgan fingerprint density at radius 2 is 1.75 bits per heavy atom. The van der Waals surface area contributed by atoms with Crippen LogP contribution in [0.2, 0.25) is 0 Å². The monoisotopic (exact) mass is 321 g/mol. The zero-order valence-electron chi connectivity index (χ0n) is 13.3. The molecule has 0 unspecified atom stereocenters. The lowest BCUT2D eigenvalue weighted by molar-refractivity contribution is 0.145. The molecule has 0 atom stereocenters. The Labute approximate surface area is 139 Å². The van der Waals surface area contributed by atoms with Crippen LogP contribution in [0, 0.1) is 0 Å². The summed E-state index contributed by atoms with van der Waals surface area (Å²) in [6.45, 7) is 1.60. The molecule has 5 heteroatoms. The molecule has 0 aliphatic carbocycles. The number of aromatic amines is 1. The van der Waals surface area contributed by atoms with Crippen molar-refractivity contribution >= 4 is 16.6 Å². The summed E-state index contributed by atoms with van der Waals surface area (Å²) in [6, 6.07) is 15.3. The van der Waals surface area contributed by atoms with Gasteiger partial charge in [0.15, 0.2) is 0 Å². The molecule has 0 amide bonds. The number of rotatable bonds is 2. The number of H-pyrrole nitrogens is 1. The van der Waals surface area contributed by atoms with Crippen molar-refractivity contribution in [3.8, 4) is 11.4 Å². The molecular weight excluding hydrogens is 302 g/mol. The fourth-order valence-electron chi connectivity index (χ4n) is 3.27. The van der Waals surface area contributed by atoms with Crippen molar-refractivity contribution in [2.45, 2.75) is 18.9 Å². The Kier molecular flexibility index (Phi) is 3.78. The minimum atomic E-state index is -0.216. The highest BCUT2D eigenvalue weighted by molar-refractivity contribution is 5.82. The maximum absolute atomic E-state index is 12.4. The number of nitrogens with zero attached hydrogens (tertiary/aromatic N) is 2. The number of nitrogens with one attached hydrogen (secondary N) is 1. The molecule has 0 saturated carbocycles. The lowest BCUT2D eigenvalue weighted by Gasteiger charge is -2.32. The van der Waals surface area contributed by atoms with Crippen LogP contribution < -0.4 is 10.5 Å². The standard InChI is InChI=1S/C19H19N3O2/c23-13-9-11-22(12-10-13)17-8-4-2-6-15(17)18-20-16-7-3-1-5-14(16)19(24)21-18/h1-8,13,23H,9-12H2,(H,20,21,24). The number of fused-ring (bicyclic) bond motifs is 1. The Hall–Kier alpha value is -2.66. The first-order chi connectivity index (χ1) is 11.7. The van der Waals surface area contributed by atoms with Crippen molar-refractivity contribution in [3.63, 3.8) is 0 Å². The highest BCUT2D eigenvalue weighted by Gasteiger charge is 2.20. The van der Waals surface area contributed by atoms with Crippen LogP contribution in [0.1, 0.15) is 12.8 Å². The highest BCUT2D eigenvalue weighted by Crippen LogP contribution is 2.30. The number of piperidine rings is 1. The molecule has 1 fully saturated rings. The van der Waals surface area contributed by atoms with E-state index in [4.69, 9.17) is 0 Å². The minimum Gasteiger partial charge on any atom is -0.393 e. The van der Waals surface area contributed by atoms with Gasteiger partial charge < -0.3 is 15.0 Å². The molecule has 5 nitrogen and oxygen atoms in total. The van der Waals surface area contributed by atoms with Gasteiger partial charge in [0, 0.05) is 24.3 Å². The fraction of sp³-hybridized carbons (Fsp3) is 0.263. The zero-order valence-corrected chi connectivity index (χ0v) is 13.3. The second-order valence-electron chi connectivity index (χ2n) is 6.17. The molecule has 0 radical (unpaired) electrons. The van der Waals surface area contributed by atoms with Gasteiger partial charge in [-0.25, -0.2) is 4.98 Å². The summed E-state index contributed by atoms with van der Waals surface area (Å²) in [5.74, 6) is 0.584. The Morgan fingerprint density at radius 3 is 2.58 bits per heavy atom. The van der Waals surface area contributed by atoms with E-state index in [9.17, 15) is 9.90 Å². The lowest BCUT2D eigenvalue weighted by atomic mass is 10.0. The fourth-order valence-corrected chi connectivity index (χ4v) is 3.27. The number of hydrogen-bond donors (Lipinski definition) is 2. The van der Waals surface area contributed by atoms with E-state index in [2.05, 4.69) is 14.9 Å². The normalized spacial score (nSPS) is 15.8. The summed E-state index contributed by atoms with van der Waals surface area (Å²) >= 11 is 0. The average Bonchev–Trinajstić information content (AvgIpc) is 2.62. The molecule has 122 valence electrons. The molecule has 3 aromatic rings. The number of benzene rings is 2. The van der Waals surface area contributed by atoms with Gasteiger partial charge in [0.1, 0.15) is 5.82 Å². The van der Waals surface area contributed by atoms with Gasteiger partial charge in [0.2, 0.25) is 0 Å². The van der Waals surface area contributed by atoms with Gasteiger partial charge in [0.25, 0.3) is 5.56 Å². The zero-order chi connectivity index (χ0) is 16.5. The predicted octanol–water partition coefficient (Wildman–Crippen LogP) is 2.55. The van der Waals surface area contributed by atoms with E-state index in [0.29, 0.717) is 16.7 Å². The molecule has 1 aliphatic rings. The van der Waals surface area contributed by atoms with E-state index in [1.54, 1.807) is 6.07 Å². The summed E-state index contributed by atoms with van der Waals surface area (Å²) in [4.78, 5) is 22.2. The summed E-state index contributed by atoms with van der Waals surface area (Å²) in [6.07, 6.45) is 1.30. The largest absolute Gasteiger partial charge is 0.393 e. The first-order valence-electron chi connectivity index (χ1n) is 8.24. The molecule has 24 heavy (non-hydrogen) atoms. The van der Waals surface area contributed by atoms with Crippen molar-refractivity contribution in [3.05, 3.63) is 58.9 Å². The quantitative estimate of drug-likeness (QED) is 0.761. The van der Waals surface area contributed by atoms with Crippen LogP contribution in [0.4, 0.5) is 5.69 Å². The van der Waals surface area contributed by atoms with Crippen molar-refractivity contribution in [1.82, 2.24) is 9.97 Å². The summed E-state index contributed by atoms with van der Waals surface area (Å²) in [5, 5.41) is 10.3. The van der Waals surface area contributed by atoms with Crippen molar-refractivity contribution in [2.24, 2.45) is 0 Å². The summed E-state index contributed by atoms with van der Waals surface area (Å²) in [5.41, 5.74) is 2.53. The third-order valence-corrected chi connectivity index (χ3v) is 4.58. The molecule has 0 bridgehead atoms. The molecule has 4 rings (SSSR count). The lowest BCUT2D eigenvalue weighted by Crippen LogP contribution is -2.36. The van der Waals surface area contributed by atoms with Crippen LogP contribution in [0.25, 0.3) is 22.3 Å². The third-order valence-electron chi connectivity index (χ3n) is 4.58. The van der Waals surface area contributed by atoms with E-state index < -0.39 is 0 Å². The summed E-state index contributed by atoms with van der Waals surface area (Å²) in [7, 11) is 0. The molecular formula is C19H19N3O2. The number of aliphatic hydroxyl groups is 1. The molecule has 1 saturated heterocycles. The Bertz CT molecular complexity index is 927. The van der Waals surface area contributed by atoms with Crippen molar-refractivity contribution in [1.29, 1.82) is 0 Å². The number of anilines is 1. The first-order valence-corrected chi connectivity index (χ1v) is 8.24. The maximum Gasteiger partial charge on any atom is 0.259 e. The SMILES string of the molecule is O=c1[nH]c(-c2ccccc2N2CCC(O)CC2)nc2ccccc12. The van der Waals surface area contributed by atoms with Crippen molar-refractivity contribution in [2.75, 3.05) is 18.0 Å². The van der Waals surface area contributed by atoms with Crippen LogP contribution in [-0.4, -0.2) is 34.3 Å². The number of para-hydroxylation sites is 2. The van der Waals surface area contributed by atoms with Gasteiger partial charge in [-0.2, -0.15) is 0 Å². The number of aromatic nitrogens is 2. The highest BCUT2D eigenvalue weighted by atomic mass is 16.3. The number of hydrogen-bond acceptors (Lipinski definition) is 4. The average molecular weight is 321 g/mol. The van der Waals surface area contributed by atoms with Gasteiger partial charge in [-0.3, -0.25) is 4.79 Å². The van der Waals surface area contributed by atoms with E-state index in [-0.39, 0.29) is 11.7 Å². The molecule has 1 aliphatic heterocycles. The molecule has 2 aromatic carbocycles. The topological polar surface area (TPSA) is 69.2 Å². The van der Waals surface area contributed by atoms with Crippen LogP contribution in [0.5, 0.6) is 0 Å². The Balaban J connectivity index is 1.81. The minimum absolute atomic E-state index is 0.125. The second-order valence-corrected chi connectivity index (χ2v) is 6.17. The predicted molar refractivity (Wildman–Crippen MR) is 95.3 cm³/mol. The van der Waals surface area contributed by atoms with Crippen LogP contribution in [0.3, 0.4) is 0 Å². The molecule has 1 aromatic heterocycles. The van der Waals surface area contributed by atoms with Gasteiger partial charge in [-0.15, -0.1) is 0 Å². The van der Waals surface area contributed by atoms with E-state index >= 15 is 0 Å². The maximum atomic E-state index is 12.4. The van der Waals surface area contributed by atoms with E-state index in [0.717, 1.165) is 37.2 Å².